The Morgan fingerprint density at radius 3 is 2.42 bits per heavy atom. The van der Waals surface area contributed by atoms with Crippen molar-refractivity contribution in [2.24, 2.45) is 5.92 Å². The van der Waals surface area contributed by atoms with E-state index < -0.39 is 32.9 Å². The van der Waals surface area contributed by atoms with Crippen LogP contribution >= 0.6 is 0 Å². The Hall–Kier alpha value is -3.95. The Morgan fingerprint density at radius 2 is 1.79 bits per heavy atom. The number of unbranched alkanes of at least 4 members (excludes halogenated alkanes) is 2. The minimum Gasteiger partial charge on any atom is -0.487 e. The van der Waals surface area contributed by atoms with E-state index in [1.54, 1.807) is 0 Å². The highest BCUT2D eigenvalue weighted by molar-refractivity contribution is 5.87. The maximum atomic E-state index is 13.0. The zero-order chi connectivity index (χ0) is 27.6. The van der Waals surface area contributed by atoms with Gasteiger partial charge < -0.3 is 9.47 Å². The Balaban J connectivity index is 1.71. The van der Waals surface area contributed by atoms with E-state index in [9.17, 15) is 25.0 Å². The van der Waals surface area contributed by atoms with Crippen LogP contribution in [0.5, 0.6) is 11.5 Å². The van der Waals surface area contributed by atoms with Crippen LogP contribution in [0.3, 0.4) is 0 Å². The molecule has 1 N–H and O–H groups in total. The lowest BCUT2D eigenvalue weighted by molar-refractivity contribution is -0.394. The lowest BCUT2D eigenvalue weighted by Gasteiger charge is -2.46. The molecule has 2 atom stereocenters. The van der Waals surface area contributed by atoms with E-state index in [-0.39, 0.29) is 17.5 Å². The van der Waals surface area contributed by atoms with Gasteiger partial charge in [0.05, 0.1) is 21.6 Å². The molecular weight excluding hydrogens is 490 g/mol. The Labute approximate surface area is 221 Å². The fraction of sp³-hybridized carbons (Fsp3) is 0.464. The molecule has 1 aliphatic heterocycles. The van der Waals surface area contributed by atoms with Gasteiger partial charge >= 0.3 is 6.09 Å². The lowest BCUT2D eigenvalue weighted by atomic mass is 9.68. The minimum atomic E-state index is -0.898. The van der Waals surface area contributed by atoms with E-state index in [1.807, 2.05) is 12.1 Å². The van der Waals surface area contributed by atoms with Crippen molar-refractivity contribution in [1.82, 2.24) is 0 Å². The molecule has 1 unspecified atom stereocenters. The number of anilines is 1. The fourth-order valence-corrected chi connectivity index (χ4v) is 5.49. The molecule has 10 heteroatoms. The first-order valence-corrected chi connectivity index (χ1v) is 12.9. The first-order chi connectivity index (χ1) is 18.0. The average molecular weight is 524 g/mol. The van der Waals surface area contributed by atoms with E-state index in [4.69, 9.17) is 9.47 Å². The van der Waals surface area contributed by atoms with Gasteiger partial charge in [-0.25, -0.2) is 4.79 Å². The summed E-state index contributed by atoms with van der Waals surface area (Å²) in [6.07, 6.45) is 7.16. The molecule has 0 bridgehead atoms. The zero-order valence-electron chi connectivity index (χ0n) is 22.1. The van der Waals surface area contributed by atoms with Crippen molar-refractivity contribution in [3.63, 3.8) is 0 Å². The third-order valence-corrected chi connectivity index (χ3v) is 7.35. The summed E-state index contributed by atoms with van der Waals surface area (Å²) >= 11 is 0. The summed E-state index contributed by atoms with van der Waals surface area (Å²) in [6.45, 7) is 8.41. The van der Waals surface area contributed by atoms with Crippen LogP contribution in [0, 0.1) is 26.1 Å². The van der Waals surface area contributed by atoms with Gasteiger partial charge in [0.15, 0.2) is 0 Å². The van der Waals surface area contributed by atoms with Crippen LogP contribution in [0.25, 0.3) is 0 Å². The van der Waals surface area contributed by atoms with Crippen LogP contribution in [-0.2, 0) is 6.42 Å². The van der Waals surface area contributed by atoms with Gasteiger partial charge in [-0.05, 0) is 64.2 Å². The zero-order valence-corrected chi connectivity index (χ0v) is 22.1. The summed E-state index contributed by atoms with van der Waals surface area (Å²) in [5.74, 6) is 1.23. The second kappa shape index (κ2) is 10.8. The van der Waals surface area contributed by atoms with Crippen molar-refractivity contribution in [3.05, 3.63) is 73.3 Å². The topological polar surface area (TPSA) is 134 Å². The second-order valence-electron chi connectivity index (χ2n) is 10.6. The molecule has 0 saturated heterocycles. The highest BCUT2D eigenvalue weighted by atomic mass is 16.6. The number of ether oxygens (including phenoxy) is 2. The molecule has 38 heavy (non-hydrogen) atoms. The van der Waals surface area contributed by atoms with Gasteiger partial charge in [0, 0.05) is 29.5 Å². The van der Waals surface area contributed by atoms with E-state index in [0.29, 0.717) is 11.5 Å². The first kappa shape index (κ1) is 27.1. The molecule has 202 valence electrons. The molecule has 2 aliphatic rings. The number of carbonyl (C=O) groups is 1. The van der Waals surface area contributed by atoms with Crippen LogP contribution in [0.1, 0.15) is 76.8 Å². The van der Waals surface area contributed by atoms with E-state index in [0.717, 1.165) is 67.9 Å². The molecule has 1 amide bonds. The maximum Gasteiger partial charge on any atom is 0.417 e. The fourth-order valence-electron chi connectivity index (χ4n) is 5.49. The highest BCUT2D eigenvalue weighted by Crippen LogP contribution is 2.53. The van der Waals surface area contributed by atoms with Crippen molar-refractivity contribution in [2.75, 3.05) is 5.32 Å². The molecule has 0 saturated carbocycles. The number of benzene rings is 2. The van der Waals surface area contributed by atoms with E-state index in [1.165, 1.54) is 5.57 Å². The molecule has 0 spiro atoms. The molecule has 10 nitrogen and oxygen atoms in total. The number of nitrogens with zero attached hydrogens (tertiary/aromatic N) is 2. The minimum absolute atomic E-state index is 0.00566. The molecular formula is C28H33N3O7. The van der Waals surface area contributed by atoms with Crippen LogP contribution in [0.2, 0.25) is 0 Å². The van der Waals surface area contributed by atoms with Crippen LogP contribution in [-0.4, -0.2) is 21.5 Å². The summed E-state index contributed by atoms with van der Waals surface area (Å²) in [4.78, 5) is 34.0. The number of carbonyl (C=O) groups excluding carboxylic acids is 1. The number of fused-ring (bicyclic) bond motifs is 3. The number of rotatable bonds is 8. The number of nitro groups is 2. The SMILES string of the molecule is CCCCCc1cc(OC(=O)Nc2cc([N+](=O)[O-])cc([N+](=O)[O-])c2)c2c(c1)OC(C)(C)[C@@H]1CCC(C)=CC21. The number of non-ortho nitro benzene ring substituents is 2. The monoisotopic (exact) mass is 523 g/mol. The van der Waals surface area contributed by atoms with Crippen molar-refractivity contribution in [3.8, 4) is 11.5 Å². The van der Waals surface area contributed by atoms with Crippen LogP contribution in [0.15, 0.2) is 42.0 Å². The van der Waals surface area contributed by atoms with E-state index in [2.05, 4.69) is 39.1 Å². The normalized spacial score (nSPS) is 19.3. The third kappa shape index (κ3) is 5.79. The van der Waals surface area contributed by atoms with Crippen molar-refractivity contribution in [1.29, 1.82) is 0 Å². The van der Waals surface area contributed by atoms with Gasteiger partial charge in [0.2, 0.25) is 0 Å². The number of aryl methyl sites for hydroxylation is 1. The Bertz CT molecular complexity index is 1270. The largest absolute Gasteiger partial charge is 0.487 e. The second-order valence-corrected chi connectivity index (χ2v) is 10.6. The maximum absolute atomic E-state index is 13.0. The quantitative estimate of drug-likeness (QED) is 0.164. The smallest absolute Gasteiger partial charge is 0.417 e. The van der Waals surface area contributed by atoms with Crippen molar-refractivity contribution >= 4 is 23.2 Å². The number of allylic oxidation sites excluding steroid dienone is 2. The number of nitro benzene ring substituents is 2. The lowest BCUT2D eigenvalue weighted by Crippen LogP contribution is -2.45. The summed E-state index contributed by atoms with van der Waals surface area (Å²) in [6, 6.07) is 6.85. The first-order valence-electron chi connectivity index (χ1n) is 12.9. The molecule has 0 radical (unpaired) electrons. The molecule has 1 heterocycles. The summed E-state index contributed by atoms with van der Waals surface area (Å²) < 4.78 is 12.3. The molecule has 2 aromatic carbocycles. The Kier molecular flexibility index (Phi) is 7.71. The summed E-state index contributed by atoms with van der Waals surface area (Å²) in [5, 5.41) is 24.9. The third-order valence-electron chi connectivity index (χ3n) is 7.35. The average Bonchev–Trinajstić information content (AvgIpc) is 2.83. The van der Waals surface area contributed by atoms with Gasteiger partial charge in [0.1, 0.15) is 17.1 Å². The molecule has 1 aliphatic carbocycles. The summed E-state index contributed by atoms with van der Waals surface area (Å²) in [5.41, 5.74) is 1.52. The van der Waals surface area contributed by atoms with Gasteiger partial charge in [-0.2, -0.15) is 0 Å². The van der Waals surface area contributed by atoms with Crippen molar-refractivity contribution in [2.45, 2.75) is 77.7 Å². The van der Waals surface area contributed by atoms with Gasteiger partial charge in [0.25, 0.3) is 11.4 Å². The van der Waals surface area contributed by atoms with Gasteiger partial charge in [-0.1, -0.05) is 31.4 Å². The summed E-state index contributed by atoms with van der Waals surface area (Å²) in [7, 11) is 0. The standard InChI is InChI=1S/C28H33N3O7/c1-5-6-7-8-18-12-24(26-22-11-17(2)9-10-23(22)28(3,4)38-25(26)13-18)37-27(32)29-19-14-20(30(33)34)16-21(15-19)31(35)36/h11-16,22-23H,5-10H2,1-4H3,(H,29,32)/t22?,23-/m1/s1. The molecule has 2 aromatic rings. The number of hydrogen-bond acceptors (Lipinski definition) is 7. The van der Waals surface area contributed by atoms with Gasteiger partial charge in [-0.3, -0.25) is 25.5 Å². The number of amides is 1. The van der Waals surface area contributed by atoms with Gasteiger partial charge in [-0.15, -0.1) is 0 Å². The van der Waals surface area contributed by atoms with Crippen molar-refractivity contribution < 1.29 is 24.1 Å². The Morgan fingerprint density at radius 1 is 1.11 bits per heavy atom. The predicted molar refractivity (Wildman–Crippen MR) is 143 cm³/mol. The number of hydrogen-bond donors (Lipinski definition) is 1. The highest BCUT2D eigenvalue weighted by Gasteiger charge is 2.45. The van der Waals surface area contributed by atoms with E-state index >= 15 is 0 Å². The van der Waals surface area contributed by atoms with Crippen LogP contribution in [0.4, 0.5) is 21.9 Å². The molecule has 0 aromatic heterocycles. The molecule has 4 rings (SSSR count). The number of nitrogens with one attached hydrogen (secondary N) is 1. The molecule has 0 fully saturated rings. The van der Waals surface area contributed by atoms with Crippen LogP contribution < -0.4 is 14.8 Å². The predicted octanol–water partition coefficient (Wildman–Crippen LogP) is 7.46.